The van der Waals surface area contributed by atoms with Crippen LogP contribution in [0.25, 0.3) is 0 Å². The predicted octanol–water partition coefficient (Wildman–Crippen LogP) is 1.81. The van der Waals surface area contributed by atoms with Crippen molar-refractivity contribution in [3.8, 4) is 17.6 Å². The van der Waals surface area contributed by atoms with Gasteiger partial charge in [-0.25, -0.2) is 0 Å². The number of phenolic OH excluding ortho intramolecular Hbond substituents is 1. The molecule has 0 aliphatic carbocycles. The van der Waals surface area contributed by atoms with Crippen molar-refractivity contribution < 1.29 is 9.84 Å². The van der Waals surface area contributed by atoms with Gasteiger partial charge in [-0.05, 0) is 49.9 Å². The van der Waals surface area contributed by atoms with E-state index in [0.717, 1.165) is 37.9 Å². The minimum atomic E-state index is -0.0107. The Morgan fingerprint density at radius 3 is 2.78 bits per heavy atom. The number of aromatic hydroxyl groups is 1. The second-order valence-corrected chi connectivity index (χ2v) is 4.69. The third kappa shape index (κ3) is 2.74. The molecule has 4 heteroatoms. The lowest BCUT2D eigenvalue weighted by Crippen LogP contribution is -2.28. The summed E-state index contributed by atoms with van der Waals surface area (Å²) in [6, 6.07) is 5.29. The summed E-state index contributed by atoms with van der Waals surface area (Å²) in [6.45, 7) is 2.10. The monoisotopic (exact) mass is 246 g/mol. The maximum Gasteiger partial charge on any atom is 0.137 e. The first-order valence-electron chi connectivity index (χ1n) is 6.25. The molecule has 1 heterocycles. The molecule has 0 spiro atoms. The molecule has 1 saturated heterocycles. The van der Waals surface area contributed by atoms with E-state index in [2.05, 4.69) is 5.32 Å². The third-order valence-corrected chi connectivity index (χ3v) is 3.49. The van der Waals surface area contributed by atoms with Gasteiger partial charge in [0.25, 0.3) is 0 Å². The van der Waals surface area contributed by atoms with Crippen LogP contribution in [-0.2, 0) is 6.42 Å². The van der Waals surface area contributed by atoms with Gasteiger partial charge in [0.05, 0.1) is 12.7 Å². The summed E-state index contributed by atoms with van der Waals surface area (Å²) >= 11 is 0. The molecule has 1 aliphatic heterocycles. The summed E-state index contributed by atoms with van der Waals surface area (Å²) in [5, 5.41) is 21.9. The minimum absolute atomic E-state index is 0.0107. The summed E-state index contributed by atoms with van der Waals surface area (Å²) in [6.07, 6.45) is 3.19. The van der Waals surface area contributed by atoms with Gasteiger partial charge in [0, 0.05) is 6.07 Å². The number of hydrogen-bond acceptors (Lipinski definition) is 4. The Bertz CT molecular complexity index is 460. The highest BCUT2D eigenvalue weighted by molar-refractivity contribution is 5.51. The topological polar surface area (TPSA) is 65.3 Å². The molecule has 1 aromatic carbocycles. The van der Waals surface area contributed by atoms with E-state index < -0.39 is 0 Å². The van der Waals surface area contributed by atoms with Gasteiger partial charge in [0.2, 0.25) is 0 Å². The van der Waals surface area contributed by atoms with E-state index in [1.807, 2.05) is 6.07 Å². The van der Waals surface area contributed by atoms with E-state index in [1.54, 1.807) is 13.2 Å². The molecule has 2 N–H and O–H groups in total. The molecule has 0 aromatic heterocycles. The van der Waals surface area contributed by atoms with Gasteiger partial charge in [-0.15, -0.1) is 0 Å². The van der Waals surface area contributed by atoms with Crippen LogP contribution in [0.5, 0.6) is 11.5 Å². The molecule has 1 aromatic rings. The summed E-state index contributed by atoms with van der Waals surface area (Å²) < 4.78 is 5.28. The fraction of sp³-hybridized carbons (Fsp3) is 0.500. The zero-order valence-corrected chi connectivity index (χ0v) is 10.6. The van der Waals surface area contributed by atoms with Crippen molar-refractivity contribution in [2.75, 3.05) is 20.2 Å². The molecular formula is C14H18N2O2. The average molecular weight is 246 g/mol. The van der Waals surface area contributed by atoms with Crippen LogP contribution in [0.4, 0.5) is 0 Å². The van der Waals surface area contributed by atoms with Crippen LogP contribution in [0.2, 0.25) is 0 Å². The third-order valence-electron chi connectivity index (χ3n) is 3.49. The summed E-state index contributed by atoms with van der Waals surface area (Å²) in [5.74, 6) is 1.28. The smallest absolute Gasteiger partial charge is 0.137 e. The van der Waals surface area contributed by atoms with Gasteiger partial charge in [0.15, 0.2) is 0 Å². The molecular weight excluding hydrogens is 228 g/mol. The van der Waals surface area contributed by atoms with Crippen LogP contribution in [0.1, 0.15) is 24.0 Å². The molecule has 1 fully saturated rings. The highest BCUT2D eigenvalue weighted by Gasteiger charge is 2.17. The normalized spacial score (nSPS) is 16.2. The van der Waals surface area contributed by atoms with Crippen molar-refractivity contribution >= 4 is 0 Å². The molecule has 96 valence electrons. The van der Waals surface area contributed by atoms with Gasteiger partial charge in [0.1, 0.15) is 17.6 Å². The van der Waals surface area contributed by atoms with Crippen molar-refractivity contribution in [3.05, 3.63) is 23.3 Å². The summed E-state index contributed by atoms with van der Waals surface area (Å²) in [7, 11) is 1.59. The number of benzene rings is 1. The number of methoxy groups -OCH3 is 1. The minimum Gasteiger partial charge on any atom is -0.506 e. The maximum atomic E-state index is 9.64. The van der Waals surface area contributed by atoms with Crippen LogP contribution in [0.3, 0.4) is 0 Å². The highest BCUT2D eigenvalue weighted by Crippen LogP contribution is 2.31. The van der Waals surface area contributed by atoms with Crippen molar-refractivity contribution in [3.63, 3.8) is 0 Å². The second kappa shape index (κ2) is 5.74. The fourth-order valence-electron chi connectivity index (χ4n) is 2.45. The zero-order valence-electron chi connectivity index (χ0n) is 10.6. The van der Waals surface area contributed by atoms with E-state index in [0.29, 0.717) is 17.2 Å². The van der Waals surface area contributed by atoms with E-state index in [9.17, 15) is 5.11 Å². The molecule has 0 amide bonds. The number of nitrogens with zero attached hydrogens (tertiary/aromatic N) is 1. The van der Waals surface area contributed by atoms with E-state index >= 15 is 0 Å². The number of nitriles is 1. The Morgan fingerprint density at radius 1 is 1.44 bits per heavy atom. The SMILES string of the molecule is COc1cc(O)c(C#N)cc1CC1CCNCC1. The van der Waals surface area contributed by atoms with Crippen molar-refractivity contribution in [2.24, 2.45) is 5.92 Å². The Labute approximate surface area is 107 Å². The van der Waals surface area contributed by atoms with E-state index in [4.69, 9.17) is 10.00 Å². The molecule has 0 bridgehead atoms. The Morgan fingerprint density at radius 2 is 2.17 bits per heavy atom. The van der Waals surface area contributed by atoms with E-state index in [-0.39, 0.29) is 5.75 Å². The van der Waals surface area contributed by atoms with Gasteiger partial charge < -0.3 is 15.2 Å². The molecule has 18 heavy (non-hydrogen) atoms. The fourth-order valence-corrected chi connectivity index (χ4v) is 2.45. The lowest BCUT2D eigenvalue weighted by molar-refractivity contribution is 0.359. The molecule has 0 unspecified atom stereocenters. The quantitative estimate of drug-likeness (QED) is 0.853. The maximum absolute atomic E-state index is 9.64. The lowest BCUT2D eigenvalue weighted by Gasteiger charge is -2.23. The molecule has 0 saturated carbocycles. The Hall–Kier alpha value is -1.73. The first kappa shape index (κ1) is 12.7. The molecule has 2 rings (SSSR count). The number of piperidine rings is 1. The Balaban J connectivity index is 2.22. The molecule has 0 radical (unpaired) electrons. The number of phenols is 1. The van der Waals surface area contributed by atoms with Crippen LogP contribution >= 0.6 is 0 Å². The number of nitrogens with one attached hydrogen (secondary N) is 1. The highest BCUT2D eigenvalue weighted by atomic mass is 16.5. The number of rotatable bonds is 3. The lowest BCUT2D eigenvalue weighted by atomic mass is 9.90. The predicted molar refractivity (Wildman–Crippen MR) is 68.7 cm³/mol. The number of hydrogen-bond donors (Lipinski definition) is 2. The van der Waals surface area contributed by atoms with Gasteiger partial charge in [-0.1, -0.05) is 0 Å². The van der Waals surface area contributed by atoms with Crippen molar-refractivity contribution in [1.29, 1.82) is 5.26 Å². The largest absolute Gasteiger partial charge is 0.506 e. The second-order valence-electron chi connectivity index (χ2n) is 4.69. The molecule has 4 nitrogen and oxygen atoms in total. The first-order chi connectivity index (χ1) is 8.74. The van der Waals surface area contributed by atoms with Crippen LogP contribution < -0.4 is 10.1 Å². The zero-order chi connectivity index (χ0) is 13.0. The van der Waals surface area contributed by atoms with E-state index in [1.165, 1.54) is 6.07 Å². The van der Waals surface area contributed by atoms with Gasteiger partial charge in [-0.2, -0.15) is 5.26 Å². The van der Waals surface area contributed by atoms with Crippen molar-refractivity contribution in [2.45, 2.75) is 19.3 Å². The van der Waals surface area contributed by atoms with Gasteiger partial charge in [-0.3, -0.25) is 0 Å². The van der Waals surface area contributed by atoms with Crippen molar-refractivity contribution in [1.82, 2.24) is 5.32 Å². The molecule has 1 aliphatic rings. The first-order valence-corrected chi connectivity index (χ1v) is 6.25. The average Bonchev–Trinajstić information content (AvgIpc) is 2.41. The van der Waals surface area contributed by atoms with Crippen LogP contribution in [-0.4, -0.2) is 25.3 Å². The van der Waals surface area contributed by atoms with Crippen LogP contribution in [0.15, 0.2) is 12.1 Å². The van der Waals surface area contributed by atoms with Gasteiger partial charge >= 0.3 is 0 Å². The Kier molecular flexibility index (Phi) is 4.06. The molecule has 0 atom stereocenters. The van der Waals surface area contributed by atoms with Crippen LogP contribution in [0, 0.1) is 17.2 Å². The standard InChI is InChI=1S/C14H18N2O2/c1-18-14-8-13(17)12(9-15)7-11(14)6-10-2-4-16-5-3-10/h7-8,10,16-17H,2-6H2,1H3. The summed E-state index contributed by atoms with van der Waals surface area (Å²) in [4.78, 5) is 0. The summed E-state index contributed by atoms with van der Waals surface area (Å²) in [5.41, 5.74) is 1.33. The number of ether oxygens (including phenoxy) is 1.